The molecule has 3 heterocycles. The summed E-state index contributed by atoms with van der Waals surface area (Å²) in [6.45, 7) is 0. The lowest BCUT2D eigenvalue weighted by atomic mass is 10.0. The molecule has 0 spiro atoms. The predicted octanol–water partition coefficient (Wildman–Crippen LogP) is 7.13. The molecule has 6 rings (SSSR count). The molecule has 2 aliphatic rings. The Hall–Kier alpha value is -3.16. The van der Waals surface area contributed by atoms with Crippen LogP contribution < -0.4 is 15.0 Å². The van der Waals surface area contributed by atoms with Gasteiger partial charge in [0.25, 0.3) is 0 Å². The van der Waals surface area contributed by atoms with Gasteiger partial charge in [0, 0.05) is 33.9 Å². The highest BCUT2D eigenvalue weighted by Crippen LogP contribution is 2.42. The third-order valence-corrected chi connectivity index (χ3v) is 7.80. The van der Waals surface area contributed by atoms with Crippen LogP contribution in [0.4, 0.5) is 5.69 Å². The molecule has 5 nitrogen and oxygen atoms in total. The summed E-state index contributed by atoms with van der Waals surface area (Å²) in [5.41, 5.74) is 4.19. The lowest BCUT2D eigenvalue weighted by molar-refractivity contribution is 0.210. The Morgan fingerprint density at radius 3 is 2.50 bits per heavy atom. The van der Waals surface area contributed by atoms with E-state index in [0.29, 0.717) is 11.2 Å². The number of ether oxygens (including phenoxy) is 1. The summed E-state index contributed by atoms with van der Waals surface area (Å²) >= 11 is 9.54. The van der Waals surface area contributed by atoms with Gasteiger partial charge in [-0.15, -0.1) is 0 Å². The zero-order valence-electron chi connectivity index (χ0n) is 19.8. The summed E-state index contributed by atoms with van der Waals surface area (Å²) in [4.78, 5) is 6.89. The van der Waals surface area contributed by atoms with Crippen LogP contribution in [-0.2, 0) is 0 Å². The topological polar surface area (TPSA) is 42.3 Å². The first kappa shape index (κ1) is 23.3. The first-order valence-electron chi connectivity index (χ1n) is 12.4. The molecule has 2 aromatic carbocycles. The molecule has 0 unspecified atom stereocenters. The van der Waals surface area contributed by atoms with Crippen molar-refractivity contribution in [3.05, 3.63) is 107 Å². The number of hydrogen-bond donors (Lipinski definition) is 1. The molecule has 2 fully saturated rings. The monoisotopic (exact) mass is 558 g/mol. The Morgan fingerprint density at radius 1 is 0.917 bits per heavy atom. The van der Waals surface area contributed by atoms with Gasteiger partial charge in [0.15, 0.2) is 5.11 Å². The van der Waals surface area contributed by atoms with E-state index in [-0.39, 0.29) is 12.1 Å². The predicted molar refractivity (Wildman–Crippen MR) is 151 cm³/mol. The molecular weight excluding hydrogens is 532 g/mol. The normalized spacial score (nSPS) is 20.0. The van der Waals surface area contributed by atoms with E-state index in [0.717, 1.165) is 45.8 Å². The molecule has 0 amide bonds. The van der Waals surface area contributed by atoms with Crippen LogP contribution in [0.15, 0.2) is 95.7 Å². The number of nitrogens with one attached hydrogen (secondary N) is 1. The number of hydrogen-bond acceptors (Lipinski definition) is 3. The van der Waals surface area contributed by atoms with E-state index in [1.165, 1.54) is 12.8 Å². The van der Waals surface area contributed by atoms with Crippen LogP contribution >= 0.6 is 28.1 Å². The fourth-order valence-electron chi connectivity index (χ4n) is 5.31. The second-order valence-electron chi connectivity index (χ2n) is 9.30. The van der Waals surface area contributed by atoms with Crippen LogP contribution in [0.3, 0.4) is 0 Å². The van der Waals surface area contributed by atoms with Crippen LogP contribution in [-0.4, -0.2) is 20.8 Å². The van der Waals surface area contributed by atoms with Crippen LogP contribution in [0.1, 0.15) is 49.2 Å². The minimum atomic E-state index is -0.103. The van der Waals surface area contributed by atoms with Crippen molar-refractivity contribution in [1.29, 1.82) is 0 Å². The molecule has 1 N–H and O–H groups in total. The second kappa shape index (κ2) is 10.1. The third kappa shape index (κ3) is 4.53. The fourth-order valence-corrected chi connectivity index (χ4v) is 6.05. The van der Waals surface area contributed by atoms with Gasteiger partial charge in [-0.05, 0) is 105 Å². The molecule has 182 valence electrons. The Balaban J connectivity index is 1.40. The Labute approximate surface area is 225 Å². The van der Waals surface area contributed by atoms with E-state index in [9.17, 15) is 0 Å². The minimum Gasteiger partial charge on any atom is -0.490 e. The highest BCUT2D eigenvalue weighted by atomic mass is 79.9. The number of benzene rings is 2. The SMILES string of the molecule is S=C1N[C@@H](c2ccccn2)[C@@H](c2cccn2-c2cccc(Br)c2)N1c1ccc(OC2CCCC2)cc1. The number of thiocarbonyl (C=S) groups is 1. The summed E-state index contributed by atoms with van der Waals surface area (Å²) in [5.74, 6) is 0.916. The molecule has 36 heavy (non-hydrogen) atoms. The molecule has 1 saturated carbocycles. The number of aromatic nitrogens is 2. The molecular formula is C29H27BrN4OS. The molecule has 2 atom stereocenters. The lowest BCUT2D eigenvalue weighted by Gasteiger charge is -2.29. The largest absolute Gasteiger partial charge is 0.490 e. The molecule has 2 aromatic heterocycles. The van der Waals surface area contributed by atoms with Crippen molar-refractivity contribution < 1.29 is 4.74 Å². The van der Waals surface area contributed by atoms with Crippen molar-refractivity contribution in [1.82, 2.24) is 14.9 Å². The zero-order valence-corrected chi connectivity index (χ0v) is 22.2. The van der Waals surface area contributed by atoms with Gasteiger partial charge in [0.05, 0.1) is 17.8 Å². The van der Waals surface area contributed by atoms with Gasteiger partial charge in [-0.25, -0.2) is 0 Å². The van der Waals surface area contributed by atoms with Crippen LogP contribution in [0.5, 0.6) is 5.75 Å². The Kier molecular flexibility index (Phi) is 6.50. The van der Waals surface area contributed by atoms with Crippen molar-refractivity contribution in [3.63, 3.8) is 0 Å². The first-order chi connectivity index (χ1) is 17.7. The van der Waals surface area contributed by atoms with Crippen molar-refractivity contribution in [2.45, 2.75) is 43.9 Å². The number of rotatable bonds is 6. The molecule has 7 heteroatoms. The maximum Gasteiger partial charge on any atom is 0.174 e. The number of anilines is 1. The summed E-state index contributed by atoms with van der Waals surface area (Å²) in [6, 6.07) is 26.8. The lowest BCUT2D eigenvalue weighted by Crippen LogP contribution is -2.30. The maximum atomic E-state index is 6.21. The van der Waals surface area contributed by atoms with Gasteiger partial charge < -0.3 is 19.5 Å². The highest BCUT2D eigenvalue weighted by Gasteiger charge is 2.42. The van der Waals surface area contributed by atoms with Crippen molar-refractivity contribution in [3.8, 4) is 11.4 Å². The van der Waals surface area contributed by atoms with Crippen LogP contribution in [0, 0.1) is 0 Å². The number of pyridine rings is 1. The summed E-state index contributed by atoms with van der Waals surface area (Å²) in [6.07, 6.45) is 9.06. The number of nitrogens with zero attached hydrogens (tertiary/aromatic N) is 3. The molecule has 0 radical (unpaired) electrons. The zero-order chi connectivity index (χ0) is 24.5. The van der Waals surface area contributed by atoms with Gasteiger partial charge in [0.1, 0.15) is 11.8 Å². The first-order valence-corrected chi connectivity index (χ1v) is 13.6. The van der Waals surface area contributed by atoms with Gasteiger partial charge in [-0.1, -0.05) is 28.1 Å². The Morgan fingerprint density at radius 2 is 1.75 bits per heavy atom. The molecule has 0 bridgehead atoms. The average molecular weight is 560 g/mol. The molecule has 1 aliphatic heterocycles. The average Bonchev–Trinajstić information content (AvgIpc) is 3.65. The van der Waals surface area contributed by atoms with E-state index in [1.54, 1.807) is 0 Å². The quantitative estimate of drug-likeness (QED) is 0.255. The van der Waals surface area contributed by atoms with Crippen LogP contribution in [0.25, 0.3) is 5.69 Å². The molecule has 1 aliphatic carbocycles. The van der Waals surface area contributed by atoms with Gasteiger partial charge in [-0.2, -0.15) is 0 Å². The van der Waals surface area contributed by atoms with E-state index >= 15 is 0 Å². The highest BCUT2D eigenvalue weighted by molar-refractivity contribution is 9.10. The second-order valence-corrected chi connectivity index (χ2v) is 10.6. The minimum absolute atomic E-state index is 0.0945. The van der Waals surface area contributed by atoms with E-state index in [2.05, 4.69) is 103 Å². The van der Waals surface area contributed by atoms with Crippen LogP contribution in [0.2, 0.25) is 0 Å². The van der Waals surface area contributed by atoms with E-state index in [4.69, 9.17) is 17.0 Å². The Bertz CT molecular complexity index is 1350. The van der Waals surface area contributed by atoms with E-state index < -0.39 is 0 Å². The van der Waals surface area contributed by atoms with Gasteiger partial charge in [-0.3, -0.25) is 4.98 Å². The number of halogens is 1. The van der Waals surface area contributed by atoms with Gasteiger partial charge >= 0.3 is 0 Å². The van der Waals surface area contributed by atoms with E-state index in [1.807, 2.05) is 24.4 Å². The summed E-state index contributed by atoms with van der Waals surface area (Å²) < 4.78 is 9.48. The maximum absolute atomic E-state index is 6.21. The standard InChI is InChI=1S/C29H27BrN4OS/c30-20-7-5-8-22(19-20)33-18-6-12-26(33)28-27(25-11-3-4-17-31-25)32-29(36)34(28)21-13-15-24(16-14-21)35-23-9-1-2-10-23/h3-8,11-19,23,27-28H,1-2,9-10H2,(H,32,36)/t27-,28+/m0/s1. The van der Waals surface area contributed by atoms with Crippen molar-refractivity contribution >= 4 is 38.9 Å². The summed E-state index contributed by atoms with van der Waals surface area (Å²) in [7, 11) is 0. The molecule has 4 aromatic rings. The molecule has 1 saturated heterocycles. The smallest absolute Gasteiger partial charge is 0.174 e. The third-order valence-electron chi connectivity index (χ3n) is 6.99. The summed E-state index contributed by atoms with van der Waals surface area (Å²) in [5, 5.41) is 4.24. The van der Waals surface area contributed by atoms with Crippen molar-refractivity contribution in [2.75, 3.05) is 4.90 Å². The van der Waals surface area contributed by atoms with Gasteiger partial charge in [0.2, 0.25) is 0 Å². The van der Waals surface area contributed by atoms with Crippen molar-refractivity contribution in [2.24, 2.45) is 0 Å². The fraction of sp³-hybridized carbons (Fsp3) is 0.241.